The number of benzene rings is 3. The lowest BCUT2D eigenvalue weighted by molar-refractivity contribution is 0.102. The molecule has 1 heterocycles. The lowest BCUT2D eigenvalue weighted by Crippen LogP contribution is -2.30. The molecule has 7 nitrogen and oxygen atoms in total. The van der Waals surface area contributed by atoms with Gasteiger partial charge in [0.2, 0.25) is 0 Å². The van der Waals surface area contributed by atoms with Crippen LogP contribution in [0, 0.1) is 0 Å². The van der Waals surface area contributed by atoms with E-state index in [1.165, 1.54) is 28.6 Å². The van der Waals surface area contributed by atoms with Gasteiger partial charge in [-0.05, 0) is 55.5 Å². The maximum Gasteiger partial charge on any atom is 0.264 e. The molecule has 0 aliphatic carbocycles. The Hall–Kier alpha value is -3.52. The number of ether oxygens (including phenoxy) is 2. The minimum atomic E-state index is -3.74. The van der Waals surface area contributed by atoms with Crippen LogP contribution in [-0.4, -0.2) is 34.1 Å². The third kappa shape index (κ3) is 4.34. The summed E-state index contributed by atoms with van der Waals surface area (Å²) in [4.78, 5) is 12.7. The molecule has 8 heteroatoms. The van der Waals surface area contributed by atoms with Gasteiger partial charge in [-0.1, -0.05) is 18.2 Å². The Kier molecular flexibility index (Phi) is 5.81. The monoisotopic (exact) mass is 438 g/mol. The second-order valence-electron chi connectivity index (χ2n) is 6.84. The molecular formula is C23H22N2O5S. The highest BCUT2D eigenvalue weighted by atomic mass is 32.2. The van der Waals surface area contributed by atoms with Crippen LogP contribution < -0.4 is 19.1 Å². The number of amides is 1. The Morgan fingerprint density at radius 1 is 0.935 bits per heavy atom. The molecule has 1 aliphatic rings. The van der Waals surface area contributed by atoms with Crippen LogP contribution in [0.1, 0.15) is 17.3 Å². The standard InChI is InChI=1S/C23H22N2O5S/c1-2-25(19-6-4-3-5-7-19)31(27,28)20-11-8-17(9-12-20)23(26)24-18-10-13-21-22(16-18)30-15-14-29-21/h3-13,16H,2,14-15H2,1H3,(H,24,26). The van der Waals surface area contributed by atoms with Crippen molar-refractivity contribution in [3.8, 4) is 11.5 Å². The highest BCUT2D eigenvalue weighted by molar-refractivity contribution is 7.92. The zero-order chi connectivity index (χ0) is 21.8. The molecule has 31 heavy (non-hydrogen) atoms. The quantitative estimate of drug-likeness (QED) is 0.630. The van der Waals surface area contributed by atoms with Gasteiger partial charge >= 0.3 is 0 Å². The molecule has 1 amide bonds. The molecule has 1 N–H and O–H groups in total. The van der Waals surface area contributed by atoms with E-state index in [0.717, 1.165) is 0 Å². The van der Waals surface area contributed by atoms with Crippen molar-refractivity contribution >= 4 is 27.3 Å². The lowest BCUT2D eigenvalue weighted by atomic mass is 10.2. The number of nitrogens with one attached hydrogen (secondary N) is 1. The zero-order valence-corrected chi connectivity index (χ0v) is 17.8. The number of nitrogens with zero attached hydrogens (tertiary/aromatic N) is 1. The molecule has 0 unspecified atom stereocenters. The van der Waals surface area contributed by atoms with Crippen LogP contribution in [0.3, 0.4) is 0 Å². The van der Waals surface area contributed by atoms with Gasteiger partial charge in [-0.2, -0.15) is 0 Å². The van der Waals surface area contributed by atoms with E-state index in [4.69, 9.17) is 9.47 Å². The smallest absolute Gasteiger partial charge is 0.264 e. The number of fused-ring (bicyclic) bond motifs is 1. The van der Waals surface area contributed by atoms with Gasteiger partial charge in [-0.15, -0.1) is 0 Å². The summed E-state index contributed by atoms with van der Waals surface area (Å²) < 4.78 is 38.5. The first-order chi connectivity index (χ1) is 15.0. The number of rotatable bonds is 6. The Morgan fingerprint density at radius 3 is 2.29 bits per heavy atom. The number of anilines is 2. The predicted octanol–water partition coefficient (Wildman–Crippen LogP) is 3.93. The molecule has 0 spiro atoms. The van der Waals surface area contributed by atoms with Crippen molar-refractivity contribution in [3.63, 3.8) is 0 Å². The van der Waals surface area contributed by atoms with Crippen molar-refractivity contribution in [1.29, 1.82) is 0 Å². The zero-order valence-electron chi connectivity index (χ0n) is 16.9. The Balaban J connectivity index is 1.51. The first-order valence-electron chi connectivity index (χ1n) is 9.88. The van der Waals surface area contributed by atoms with Crippen molar-refractivity contribution < 1.29 is 22.7 Å². The van der Waals surface area contributed by atoms with Crippen molar-refractivity contribution in [1.82, 2.24) is 0 Å². The molecule has 4 rings (SSSR count). The predicted molar refractivity (Wildman–Crippen MR) is 118 cm³/mol. The highest BCUT2D eigenvalue weighted by Gasteiger charge is 2.23. The summed E-state index contributed by atoms with van der Waals surface area (Å²) in [6.45, 7) is 3.02. The van der Waals surface area contributed by atoms with E-state index >= 15 is 0 Å². The summed E-state index contributed by atoms with van der Waals surface area (Å²) in [7, 11) is -3.74. The van der Waals surface area contributed by atoms with Crippen molar-refractivity contribution in [2.24, 2.45) is 0 Å². The van der Waals surface area contributed by atoms with Crippen LogP contribution in [0.15, 0.2) is 77.7 Å². The van der Waals surface area contributed by atoms with Crippen molar-refractivity contribution in [2.45, 2.75) is 11.8 Å². The van der Waals surface area contributed by atoms with Gasteiger partial charge in [0.25, 0.3) is 15.9 Å². The molecule has 0 aromatic heterocycles. The first-order valence-corrected chi connectivity index (χ1v) is 11.3. The van der Waals surface area contributed by atoms with Crippen LogP contribution in [0.2, 0.25) is 0 Å². The van der Waals surface area contributed by atoms with Crippen LogP contribution >= 0.6 is 0 Å². The molecule has 0 bridgehead atoms. The van der Waals surface area contributed by atoms with E-state index in [1.54, 1.807) is 49.4 Å². The van der Waals surface area contributed by atoms with E-state index in [2.05, 4.69) is 5.32 Å². The number of carbonyl (C=O) groups excluding carboxylic acids is 1. The van der Waals surface area contributed by atoms with Crippen molar-refractivity contribution in [2.75, 3.05) is 29.4 Å². The molecule has 0 saturated carbocycles. The summed E-state index contributed by atoms with van der Waals surface area (Å²) in [5, 5.41) is 2.79. The maximum atomic E-state index is 13.1. The third-order valence-electron chi connectivity index (χ3n) is 4.84. The number of carbonyl (C=O) groups is 1. The van der Waals surface area contributed by atoms with Gasteiger partial charge in [-0.25, -0.2) is 8.42 Å². The topological polar surface area (TPSA) is 84.9 Å². The Labute approximate surface area is 181 Å². The van der Waals surface area contributed by atoms with Crippen LogP contribution in [0.5, 0.6) is 11.5 Å². The maximum absolute atomic E-state index is 13.1. The van der Waals surface area contributed by atoms with Crippen molar-refractivity contribution in [3.05, 3.63) is 78.4 Å². The van der Waals surface area contributed by atoms with Crippen LogP contribution in [0.4, 0.5) is 11.4 Å². The van der Waals surface area contributed by atoms with E-state index in [1.807, 2.05) is 6.07 Å². The largest absolute Gasteiger partial charge is 0.486 e. The van der Waals surface area contributed by atoms with Gasteiger partial charge in [-0.3, -0.25) is 9.10 Å². The summed E-state index contributed by atoms with van der Waals surface area (Å²) in [5.41, 5.74) is 1.49. The van der Waals surface area contributed by atoms with Gasteiger partial charge in [0.1, 0.15) is 13.2 Å². The average Bonchev–Trinajstić information content (AvgIpc) is 2.80. The molecule has 0 fully saturated rings. The minimum absolute atomic E-state index is 0.120. The van der Waals surface area contributed by atoms with E-state index in [-0.39, 0.29) is 10.8 Å². The van der Waals surface area contributed by atoms with Crippen LogP contribution in [-0.2, 0) is 10.0 Å². The molecule has 3 aromatic carbocycles. The SMILES string of the molecule is CCN(c1ccccc1)S(=O)(=O)c1ccc(C(=O)Nc2ccc3c(c2)OCCO3)cc1. The second-order valence-corrected chi connectivity index (χ2v) is 8.70. The number of para-hydroxylation sites is 1. The lowest BCUT2D eigenvalue weighted by Gasteiger charge is -2.23. The van der Waals surface area contributed by atoms with Gasteiger partial charge in [0.15, 0.2) is 11.5 Å². The fraction of sp³-hybridized carbons (Fsp3) is 0.174. The summed E-state index contributed by atoms with van der Waals surface area (Å²) in [6, 6.07) is 20.0. The van der Waals surface area contributed by atoms with Gasteiger partial charge < -0.3 is 14.8 Å². The first kappa shape index (κ1) is 20.7. The van der Waals surface area contributed by atoms with E-state index in [9.17, 15) is 13.2 Å². The number of sulfonamides is 1. The third-order valence-corrected chi connectivity index (χ3v) is 6.75. The molecule has 3 aromatic rings. The van der Waals surface area contributed by atoms with Crippen LogP contribution in [0.25, 0.3) is 0 Å². The molecule has 0 radical (unpaired) electrons. The summed E-state index contributed by atoms with van der Waals surface area (Å²) in [6.07, 6.45) is 0. The number of hydrogen-bond donors (Lipinski definition) is 1. The fourth-order valence-electron chi connectivity index (χ4n) is 3.32. The average molecular weight is 439 g/mol. The Bertz CT molecular complexity index is 1180. The molecular weight excluding hydrogens is 416 g/mol. The van der Waals surface area contributed by atoms with E-state index < -0.39 is 10.0 Å². The molecule has 0 saturated heterocycles. The fourth-order valence-corrected chi connectivity index (χ4v) is 4.79. The molecule has 0 atom stereocenters. The Morgan fingerprint density at radius 2 is 1.61 bits per heavy atom. The van der Waals surface area contributed by atoms with Gasteiger partial charge in [0.05, 0.1) is 10.6 Å². The highest BCUT2D eigenvalue weighted by Crippen LogP contribution is 2.32. The molecule has 1 aliphatic heterocycles. The van der Waals surface area contributed by atoms with E-state index in [0.29, 0.717) is 48.2 Å². The van der Waals surface area contributed by atoms with Gasteiger partial charge in [0, 0.05) is 23.9 Å². The summed E-state index contributed by atoms with van der Waals surface area (Å²) >= 11 is 0. The minimum Gasteiger partial charge on any atom is -0.486 e. The molecule has 160 valence electrons. The second kappa shape index (κ2) is 8.69. The number of hydrogen-bond acceptors (Lipinski definition) is 5. The summed E-state index contributed by atoms with van der Waals surface area (Å²) in [5.74, 6) is 0.861. The normalized spacial score (nSPS) is 12.8.